The molecule has 5 nitrogen and oxygen atoms in total. The molecule has 0 saturated heterocycles. The van der Waals surface area contributed by atoms with Gasteiger partial charge in [0.2, 0.25) is 0 Å². The zero-order chi connectivity index (χ0) is 4.50. The van der Waals surface area contributed by atoms with Gasteiger partial charge in [-0.1, -0.05) is 0 Å². The predicted molar refractivity (Wildman–Crippen MR) is 16.7 cm³/mol. The maximum absolute atomic E-state index is 8.97. The number of hydrogen-bond donors (Lipinski definition) is 3. The van der Waals surface area contributed by atoms with Crippen molar-refractivity contribution in [2.24, 2.45) is 0 Å². The van der Waals surface area contributed by atoms with Gasteiger partial charge in [0, 0.05) is 19.5 Å². The predicted octanol–water partition coefficient (Wildman–Crippen LogP) is -3.00. The van der Waals surface area contributed by atoms with Crippen molar-refractivity contribution in [1.82, 2.24) is 0 Å². The Morgan fingerprint density at radius 2 is 1.14 bits per heavy atom. The van der Waals surface area contributed by atoms with E-state index in [1.807, 2.05) is 0 Å². The van der Waals surface area contributed by atoms with Crippen LogP contribution in [0.3, 0.4) is 0 Å². The molecule has 0 aliphatic carbocycles. The zero-order valence-corrected chi connectivity index (χ0v) is 8.92. The molecule has 0 fully saturated rings. The molecule has 0 unspecified atom stereocenters. The molecular formula is H5O5SbZn. The summed E-state index contributed by atoms with van der Waals surface area (Å²) in [7, 11) is 0. The van der Waals surface area contributed by atoms with Crippen LogP contribution in [0.1, 0.15) is 0 Å². The first-order valence-corrected chi connectivity index (χ1v) is 5.25. The SMILES string of the molecule is O.[O]=[Sb]([OH])([OH])[OH].[Zn]. The van der Waals surface area contributed by atoms with Gasteiger partial charge in [-0.15, -0.1) is 0 Å². The van der Waals surface area contributed by atoms with Crippen LogP contribution in [0.15, 0.2) is 0 Å². The molecule has 0 heterocycles. The molecule has 0 aliphatic rings. The van der Waals surface area contributed by atoms with E-state index < -0.39 is 20.1 Å². The van der Waals surface area contributed by atoms with E-state index >= 15 is 0 Å². The molecule has 0 aromatic carbocycles. The van der Waals surface area contributed by atoms with Crippen molar-refractivity contribution in [1.29, 1.82) is 0 Å². The van der Waals surface area contributed by atoms with Gasteiger partial charge < -0.3 is 5.48 Å². The fourth-order valence-electron chi connectivity index (χ4n) is 0. The third-order valence-corrected chi connectivity index (χ3v) is 0. The van der Waals surface area contributed by atoms with Gasteiger partial charge in [0.15, 0.2) is 0 Å². The molecule has 42 valence electrons. The Balaban J connectivity index is -0.0000000800. The molecule has 0 radical (unpaired) electrons. The molecule has 0 aromatic rings. The van der Waals surface area contributed by atoms with Crippen molar-refractivity contribution in [3.05, 3.63) is 0 Å². The molecular weight excluding hydrogens is 267 g/mol. The number of hydrogen-bond acceptors (Lipinski definition) is 1. The molecule has 5 N–H and O–H groups in total. The van der Waals surface area contributed by atoms with Crippen molar-refractivity contribution >= 4 is 20.1 Å². The average molecular weight is 272 g/mol. The van der Waals surface area contributed by atoms with Crippen molar-refractivity contribution < 1.29 is 38.1 Å². The molecule has 0 rings (SSSR count). The first-order chi connectivity index (χ1) is 2.00. The van der Waals surface area contributed by atoms with Crippen LogP contribution in [0, 0.1) is 0 Å². The van der Waals surface area contributed by atoms with Crippen molar-refractivity contribution in [3.8, 4) is 0 Å². The van der Waals surface area contributed by atoms with E-state index in [1.165, 1.54) is 0 Å². The van der Waals surface area contributed by atoms with Crippen LogP contribution in [0.25, 0.3) is 0 Å². The first-order valence-electron chi connectivity index (χ1n) is 0.783. The summed E-state index contributed by atoms with van der Waals surface area (Å²) in [5.74, 6) is 0. The molecule has 0 bridgehead atoms. The van der Waals surface area contributed by atoms with Crippen LogP contribution in [-0.2, 0) is 22.5 Å². The van der Waals surface area contributed by atoms with E-state index in [0.29, 0.717) is 0 Å². The van der Waals surface area contributed by atoms with Crippen LogP contribution in [0.5, 0.6) is 0 Å². The summed E-state index contributed by atoms with van der Waals surface area (Å²) in [5, 5.41) is 0. The van der Waals surface area contributed by atoms with Gasteiger partial charge in [0.1, 0.15) is 0 Å². The van der Waals surface area contributed by atoms with Gasteiger partial charge >= 0.3 is 33.2 Å². The second-order valence-corrected chi connectivity index (χ2v) is 3.44. The maximum atomic E-state index is 8.97. The van der Waals surface area contributed by atoms with Crippen LogP contribution in [0.2, 0.25) is 0 Å². The van der Waals surface area contributed by atoms with Gasteiger partial charge in [-0.3, -0.25) is 0 Å². The van der Waals surface area contributed by atoms with Crippen LogP contribution < -0.4 is 0 Å². The van der Waals surface area contributed by atoms with E-state index in [9.17, 15) is 0 Å². The van der Waals surface area contributed by atoms with E-state index in [4.69, 9.17) is 13.2 Å². The summed E-state index contributed by atoms with van der Waals surface area (Å²) in [6.45, 7) is 0. The monoisotopic (exact) mass is 270 g/mol. The minimum Gasteiger partial charge on any atom is 0 e. The average Bonchev–Trinajstić information content (AvgIpc) is 0.722. The smallest absolute Gasteiger partial charge is 0 e. The fraction of sp³-hybridized carbons (Fsp3) is 0. The Morgan fingerprint density at radius 3 is 1.14 bits per heavy atom. The Bertz CT molecular complexity index is 54.2. The zero-order valence-electron chi connectivity index (χ0n) is 3.40. The van der Waals surface area contributed by atoms with E-state index in [1.54, 1.807) is 0 Å². The maximum Gasteiger partial charge on any atom is 0 e. The van der Waals surface area contributed by atoms with Crippen molar-refractivity contribution in [3.63, 3.8) is 0 Å². The minimum atomic E-state index is -5.35. The van der Waals surface area contributed by atoms with Gasteiger partial charge in [0.05, 0.1) is 0 Å². The number of rotatable bonds is 0. The van der Waals surface area contributed by atoms with E-state index in [-0.39, 0.29) is 25.0 Å². The summed E-state index contributed by atoms with van der Waals surface area (Å²) in [5.41, 5.74) is 0. The topological polar surface area (TPSA) is 109 Å². The van der Waals surface area contributed by atoms with Crippen LogP contribution in [-0.4, -0.2) is 35.7 Å². The molecule has 0 amide bonds. The largest absolute Gasteiger partial charge is 0 e. The molecule has 0 saturated carbocycles. The third-order valence-electron chi connectivity index (χ3n) is 0. The molecule has 7 heavy (non-hydrogen) atoms. The second-order valence-electron chi connectivity index (χ2n) is 0.513. The molecule has 0 atom stereocenters. The molecule has 7 heteroatoms. The Hall–Kier alpha value is 1.08. The summed E-state index contributed by atoms with van der Waals surface area (Å²) in [6, 6.07) is 0. The summed E-state index contributed by atoms with van der Waals surface area (Å²) < 4.78 is 30.8. The van der Waals surface area contributed by atoms with Crippen molar-refractivity contribution in [2.75, 3.05) is 0 Å². The standard InChI is InChI=1S/4H2O.O.Sb.Zn/h4*1H2;;;/q;;;;;+3;/p-3. The Kier molecular flexibility index (Phi) is 11.7. The third kappa shape index (κ3) is 156. The van der Waals surface area contributed by atoms with Gasteiger partial charge in [-0.2, -0.15) is 0 Å². The van der Waals surface area contributed by atoms with E-state index in [2.05, 4.69) is 0 Å². The first kappa shape index (κ1) is 15.7. The van der Waals surface area contributed by atoms with Crippen molar-refractivity contribution in [2.45, 2.75) is 0 Å². The summed E-state index contributed by atoms with van der Waals surface area (Å²) in [4.78, 5) is 0. The summed E-state index contributed by atoms with van der Waals surface area (Å²) >= 11 is -5.35. The van der Waals surface area contributed by atoms with Gasteiger partial charge in [-0.05, 0) is 0 Å². The second kappa shape index (κ2) is 5.22. The Labute approximate surface area is 58.1 Å². The van der Waals surface area contributed by atoms with Crippen LogP contribution >= 0.6 is 0 Å². The molecule has 0 spiro atoms. The quantitative estimate of drug-likeness (QED) is 0.408. The van der Waals surface area contributed by atoms with Gasteiger partial charge in [-0.25, -0.2) is 0 Å². The minimum absolute atomic E-state index is 0. The summed E-state index contributed by atoms with van der Waals surface area (Å²) in [6.07, 6.45) is 0. The van der Waals surface area contributed by atoms with E-state index in [0.717, 1.165) is 0 Å². The van der Waals surface area contributed by atoms with Gasteiger partial charge in [0.25, 0.3) is 0 Å². The fourth-order valence-corrected chi connectivity index (χ4v) is 0. The molecule has 0 aliphatic heterocycles. The Morgan fingerprint density at radius 1 is 1.14 bits per heavy atom. The normalized spacial score (nSPS) is 8.43. The molecule has 0 aromatic heterocycles. The van der Waals surface area contributed by atoms with Crippen LogP contribution in [0.4, 0.5) is 0 Å².